The summed E-state index contributed by atoms with van der Waals surface area (Å²) in [4.78, 5) is 11.9. The van der Waals surface area contributed by atoms with E-state index < -0.39 is 18.7 Å². The van der Waals surface area contributed by atoms with Crippen LogP contribution >= 0.6 is 0 Å². The fourth-order valence-corrected chi connectivity index (χ4v) is 2.04. The monoisotopic (exact) mass is 302 g/mol. The van der Waals surface area contributed by atoms with Gasteiger partial charge in [0, 0.05) is 13.0 Å². The van der Waals surface area contributed by atoms with Gasteiger partial charge in [-0.2, -0.15) is 13.2 Å². The van der Waals surface area contributed by atoms with Crippen molar-refractivity contribution < 1.29 is 22.7 Å². The highest BCUT2D eigenvalue weighted by Crippen LogP contribution is 2.28. The molecule has 2 N–H and O–H groups in total. The van der Waals surface area contributed by atoms with E-state index in [0.717, 1.165) is 5.69 Å². The van der Waals surface area contributed by atoms with E-state index in [9.17, 15) is 18.0 Å². The lowest BCUT2D eigenvalue weighted by molar-refractivity contribution is -0.135. The van der Waals surface area contributed by atoms with Crippen LogP contribution in [0.3, 0.4) is 0 Å². The van der Waals surface area contributed by atoms with Crippen LogP contribution < -0.4 is 15.4 Å². The zero-order valence-corrected chi connectivity index (χ0v) is 11.4. The van der Waals surface area contributed by atoms with Crippen LogP contribution in [0.5, 0.6) is 5.75 Å². The molecule has 21 heavy (non-hydrogen) atoms. The van der Waals surface area contributed by atoms with Gasteiger partial charge in [-0.25, -0.2) is 0 Å². The topological polar surface area (TPSA) is 50.4 Å². The van der Waals surface area contributed by atoms with Crippen LogP contribution in [0.2, 0.25) is 0 Å². The van der Waals surface area contributed by atoms with Gasteiger partial charge in [0.25, 0.3) is 5.91 Å². The lowest BCUT2D eigenvalue weighted by Crippen LogP contribution is -2.44. The van der Waals surface area contributed by atoms with Crippen LogP contribution in [0.15, 0.2) is 24.3 Å². The minimum absolute atomic E-state index is 0.0103. The molecule has 4 nitrogen and oxygen atoms in total. The summed E-state index contributed by atoms with van der Waals surface area (Å²) in [6.07, 6.45) is -5.32. The molecule has 116 valence electrons. The number of anilines is 1. The Morgan fingerprint density at radius 2 is 2.10 bits per heavy atom. The Morgan fingerprint density at radius 1 is 1.33 bits per heavy atom. The highest BCUT2D eigenvalue weighted by atomic mass is 19.4. The summed E-state index contributed by atoms with van der Waals surface area (Å²) in [5.41, 5.74) is 0.826. The van der Waals surface area contributed by atoms with Gasteiger partial charge in [0.15, 0.2) is 6.10 Å². The first-order valence-electron chi connectivity index (χ1n) is 6.80. The summed E-state index contributed by atoms with van der Waals surface area (Å²) in [5.74, 6) is 0.282. The molecule has 2 rings (SSSR count). The average molecular weight is 302 g/mol. The Balaban J connectivity index is 1.70. The van der Waals surface area contributed by atoms with E-state index in [4.69, 9.17) is 4.74 Å². The molecule has 1 aliphatic rings. The normalized spacial score (nSPS) is 17.4. The first-order valence-corrected chi connectivity index (χ1v) is 6.80. The minimum Gasteiger partial charge on any atom is -0.477 e. The van der Waals surface area contributed by atoms with Gasteiger partial charge in [0.1, 0.15) is 5.75 Å². The van der Waals surface area contributed by atoms with Crippen molar-refractivity contribution in [2.75, 3.05) is 18.4 Å². The van der Waals surface area contributed by atoms with Crippen molar-refractivity contribution in [1.29, 1.82) is 0 Å². The van der Waals surface area contributed by atoms with Crippen molar-refractivity contribution >= 4 is 11.6 Å². The third-order valence-electron chi connectivity index (χ3n) is 3.11. The number of fused-ring (bicyclic) bond motifs is 1. The maximum absolute atomic E-state index is 12.0. The lowest BCUT2D eigenvalue weighted by Gasteiger charge is -2.26. The van der Waals surface area contributed by atoms with Gasteiger partial charge in [-0.1, -0.05) is 12.1 Å². The molecule has 1 unspecified atom stereocenters. The number of unbranched alkanes of at least 4 members (excludes halogenated alkanes) is 1. The molecule has 0 aromatic heterocycles. The molecule has 0 saturated carbocycles. The quantitative estimate of drug-likeness (QED) is 0.822. The van der Waals surface area contributed by atoms with Crippen LogP contribution in [0.25, 0.3) is 0 Å². The molecule has 0 radical (unpaired) electrons. The van der Waals surface area contributed by atoms with Crippen molar-refractivity contribution in [3.8, 4) is 5.75 Å². The van der Waals surface area contributed by atoms with Crippen LogP contribution in [-0.4, -0.2) is 31.3 Å². The molecule has 0 aliphatic carbocycles. The number of hydrogen-bond acceptors (Lipinski definition) is 3. The number of amides is 1. The minimum atomic E-state index is -4.13. The molecule has 0 spiro atoms. The summed E-state index contributed by atoms with van der Waals surface area (Å²) in [5, 5.41) is 5.68. The second-order valence-electron chi connectivity index (χ2n) is 4.85. The van der Waals surface area contributed by atoms with E-state index >= 15 is 0 Å². The third-order valence-corrected chi connectivity index (χ3v) is 3.11. The fourth-order valence-electron chi connectivity index (χ4n) is 2.04. The molecule has 1 aromatic rings. The predicted molar refractivity (Wildman–Crippen MR) is 72.3 cm³/mol. The first-order chi connectivity index (χ1) is 9.96. The van der Waals surface area contributed by atoms with Gasteiger partial charge < -0.3 is 15.4 Å². The summed E-state index contributed by atoms with van der Waals surface area (Å²) >= 11 is 0. The SMILES string of the molecule is O=C(NCCCCC(F)(F)F)C1CNc2ccccc2O1. The Morgan fingerprint density at radius 3 is 2.86 bits per heavy atom. The Kier molecular flexibility index (Phi) is 4.93. The number of hydrogen-bond donors (Lipinski definition) is 2. The van der Waals surface area contributed by atoms with Crippen LogP contribution in [0, 0.1) is 0 Å². The van der Waals surface area contributed by atoms with Crippen LogP contribution in [0.1, 0.15) is 19.3 Å². The number of ether oxygens (including phenoxy) is 1. The third kappa shape index (κ3) is 4.84. The van der Waals surface area contributed by atoms with Gasteiger partial charge in [-0.3, -0.25) is 4.79 Å². The molecule has 1 atom stereocenters. The van der Waals surface area contributed by atoms with Crippen molar-refractivity contribution in [3.05, 3.63) is 24.3 Å². The van der Waals surface area contributed by atoms with Crippen molar-refractivity contribution in [3.63, 3.8) is 0 Å². The number of carbonyl (C=O) groups excluding carboxylic acids is 1. The highest BCUT2D eigenvalue weighted by Gasteiger charge is 2.27. The number of para-hydroxylation sites is 2. The van der Waals surface area contributed by atoms with Crippen molar-refractivity contribution in [1.82, 2.24) is 5.32 Å². The molecule has 1 aromatic carbocycles. The highest BCUT2D eigenvalue weighted by molar-refractivity contribution is 5.83. The van der Waals surface area contributed by atoms with Gasteiger partial charge in [0.05, 0.1) is 12.2 Å². The molecule has 1 aliphatic heterocycles. The second kappa shape index (κ2) is 6.69. The predicted octanol–water partition coefficient (Wildman–Crippen LogP) is 2.71. The number of carbonyl (C=O) groups is 1. The number of benzene rings is 1. The number of nitrogens with one attached hydrogen (secondary N) is 2. The van der Waals surface area contributed by atoms with Crippen LogP contribution in [-0.2, 0) is 4.79 Å². The van der Waals surface area contributed by atoms with Gasteiger partial charge in [0.2, 0.25) is 0 Å². The van der Waals surface area contributed by atoms with E-state index in [0.29, 0.717) is 18.7 Å². The van der Waals surface area contributed by atoms with Gasteiger partial charge in [-0.15, -0.1) is 0 Å². The van der Waals surface area contributed by atoms with E-state index in [1.165, 1.54) is 0 Å². The molecular weight excluding hydrogens is 285 g/mol. The standard InChI is InChI=1S/C14H17F3N2O2/c15-14(16,17)7-3-4-8-18-13(20)12-9-19-10-5-1-2-6-11(10)21-12/h1-2,5-6,12,19H,3-4,7-9H2,(H,18,20). The Hall–Kier alpha value is -1.92. The van der Waals surface area contributed by atoms with E-state index in [1.54, 1.807) is 12.1 Å². The van der Waals surface area contributed by atoms with E-state index in [1.807, 2.05) is 12.1 Å². The first kappa shape index (κ1) is 15.5. The smallest absolute Gasteiger partial charge is 0.389 e. The summed E-state index contributed by atoms with van der Waals surface area (Å²) in [6.45, 7) is 0.557. The molecule has 1 amide bonds. The van der Waals surface area contributed by atoms with Crippen LogP contribution in [0.4, 0.5) is 18.9 Å². The summed E-state index contributed by atoms with van der Waals surface area (Å²) < 4.78 is 41.4. The Labute approximate surface area is 120 Å². The zero-order valence-electron chi connectivity index (χ0n) is 11.4. The number of halogens is 3. The summed E-state index contributed by atoms with van der Waals surface area (Å²) in [6, 6.07) is 7.26. The van der Waals surface area contributed by atoms with E-state index in [2.05, 4.69) is 10.6 Å². The zero-order chi connectivity index (χ0) is 15.3. The van der Waals surface area contributed by atoms with Crippen molar-refractivity contribution in [2.45, 2.75) is 31.5 Å². The summed E-state index contributed by atoms with van der Waals surface area (Å²) in [7, 11) is 0. The maximum Gasteiger partial charge on any atom is 0.389 e. The molecular formula is C14H17F3N2O2. The van der Waals surface area contributed by atoms with Gasteiger partial charge in [-0.05, 0) is 25.0 Å². The second-order valence-corrected chi connectivity index (χ2v) is 4.85. The van der Waals surface area contributed by atoms with E-state index in [-0.39, 0.29) is 18.9 Å². The molecule has 7 heteroatoms. The maximum atomic E-state index is 12.0. The lowest BCUT2D eigenvalue weighted by atomic mass is 10.2. The average Bonchev–Trinajstić information content (AvgIpc) is 2.45. The van der Waals surface area contributed by atoms with Gasteiger partial charge >= 0.3 is 6.18 Å². The molecule has 1 heterocycles. The molecule has 0 bridgehead atoms. The number of alkyl halides is 3. The fraction of sp³-hybridized carbons (Fsp3) is 0.500. The Bertz CT molecular complexity index is 491. The molecule has 0 fully saturated rings. The largest absolute Gasteiger partial charge is 0.477 e. The molecule has 0 saturated heterocycles. The number of rotatable bonds is 5. The van der Waals surface area contributed by atoms with Crippen molar-refractivity contribution in [2.24, 2.45) is 0 Å².